The number of nitrogens with one attached hydrogen (secondary N) is 1. The molecule has 3 aromatic rings. The van der Waals surface area contributed by atoms with E-state index in [2.05, 4.69) is 21.7 Å². The minimum Gasteiger partial charge on any atom is -0.467 e. The molecule has 0 aliphatic heterocycles. The van der Waals surface area contributed by atoms with Crippen molar-refractivity contribution >= 4 is 11.6 Å². The highest BCUT2D eigenvalue weighted by molar-refractivity contribution is 6.02. The van der Waals surface area contributed by atoms with E-state index in [-0.39, 0.29) is 18.1 Å². The summed E-state index contributed by atoms with van der Waals surface area (Å²) >= 11 is 0. The molecular weight excluding hydrogens is 320 g/mol. The van der Waals surface area contributed by atoms with Gasteiger partial charge in [-0.1, -0.05) is 11.3 Å². The van der Waals surface area contributed by atoms with Crippen LogP contribution in [-0.2, 0) is 19.4 Å². The molecule has 1 amide bonds. The SMILES string of the molecule is O=C(Nc1ccc2c(c1)CCC2)c1cn(C[C@@H](O)c2ccco2)nn1. The Labute approximate surface area is 144 Å². The molecule has 2 aromatic heterocycles. The zero-order chi connectivity index (χ0) is 17.2. The number of benzene rings is 1. The molecule has 1 aliphatic rings. The van der Waals surface area contributed by atoms with E-state index < -0.39 is 6.10 Å². The van der Waals surface area contributed by atoms with Crippen molar-refractivity contribution in [1.29, 1.82) is 0 Å². The molecule has 0 bridgehead atoms. The predicted octanol–water partition coefficient (Wildman–Crippen LogP) is 2.35. The van der Waals surface area contributed by atoms with Gasteiger partial charge in [-0.3, -0.25) is 4.79 Å². The van der Waals surface area contributed by atoms with Crippen LogP contribution in [0.4, 0.5) is 5.69 Å². The molecule has 0 fully saturated rings. The van der Waals surface area contributed by atoms with Crippen molar-refractivity contribution in [2.45, 2.75) is 31.9 Å². The molecule has 7 nitrogen and oxygen atoms in total. The normalized spacial score (nSPS) is 14.3. The predicted molar refractivity (Wildman–Crippen MR) is 90.1 cm³/mol. The van der Waals surface area contributed by atoms with Crippen molar-refractivity contribution < 1.29 is 14.3 Å². The standard InChI is InChI=1S/C18H18N4O3/c23-16(17-5-2-8-25-17)11-22-10-15(20-21-22)18(24)19-14-7-6-12-3-1-4-13(12)9-14/h2,5-10,16,23H,1,3-4,11H2,(H,19,24)/t16-/m1/s1. The molecule has 0 saturated carbocycles. The van der Waals surface area contributed by atoms with Crippen LogP contribution in [-0.4, -0.2) is 26.0 Å². The van der Waals surface area contributed by atoms with Crippen LogP contribution in [0.5, 0.6) is 0 Å². The van der Waals surface area contributed by atoms with Gasteiger partial charge < -0.3 is 14.8 Å². The van der Waals surface area contributed by atoms with Crippen LogP contribution in [0.2, 0.25) is 0 Å². The number of nitrogens with zero attached hydrogens (tertiary/aromatic N) is 3. The Morgan fingerprint density at radius 1 is 1.32 bits per heavy atom. The van der Waals surface area contributed by atoms with E-state index in [1.54, 1.807) is 12.1 Å². The first-order chi connectivity index (χ1) is 12.2. The van der Waals surface area contributed by atoms with Gasteiger partial charge in [-0.2, -0.15) is 0 Å². The smallest absolute Gasteiger partial charge is 0.277 e. The first-order valence-electron chi connectivity index (χ1n) is 8.24. The van der Waals surface area contributed by atoms with Gasteiger partial charge >= 0.3 is 0 Å². The summed E-state index contributed by atoms with van der Waals surface area (Å²) in [5.74, 6) is 0.122. The number of aromatic nitrogens is 3. The van der Waals surface area contributed by atoms with Crippen molar-refractivity contribution in [2.75, 3.05) is 5.32 Å². The Morgan fingerprint density at radius 3 is 3.04 bits per heavy atom. The second kappa shape index (κ2) is 6.52. The molecule has 0 saturated heterocycles. The number of carbonyl (C=O) groups excluding carboxylic acids is 1. The van der Waals surface area contributed by atoms with Crippen molar-refractivity contribution in [3.05, 3.63) is 65.4 Å². The number of hydrogen-bond acceptors (Lipinski definition) is 5. The monoisotopic (exact) mass is 338 g/mol. The number of aliphatic hydroxyl groups excluding tert-OH is 1. The number of furan rings is 1. The summed E-state index contributed by atoms with van der Waals surface area (Å²) in [6.07, 6.45) is 5.49. The zero-order valence-corrected chi connectivity index (χ0v) is 13.6. The van der Waals surface area contributed by atoms with E-state index >= 15 is 0 Å². The lowest BCUT2D eigenvalue weighted by Gasteiger charge is -2.07. The lowest BCUT2D eigenvalue weighted by molar-refractivity contribution is 0.102. The molecule has 0 radical (unpaired) electrons. The maximum Gasteiger partial charge on any atom is 0.277 e. The summed E-state index contributed by atoms with van der Waals surface area (Å²) in [5.41, 5.74) is 3.61. The Hall–Kier alpha value is -2.93. The minimum atomic E-state index is -0.843. The highest BCUT2D eigenvalue weighted by atomic mass is 16.4. The summed E-state index contributed by atoms with van der Waals surface area (Å²) in [4.78, 5) is 12.3. The van der Waals surface area contributed by atoms with Gasteiger partial charge in [-0.05, 0) is 54.7 Å². The molecular formula is C18H18N4O3. The lowest BCUT2D eigenvalue weighted by atomic mass is 10.1. The largest absolute Gasteiger partial charge is 0.467 e. The number of rotatable bonds is 5. The second-order valence-corrected chi connectivity index (χ2v) is 6.15. The van der Waals surface area contributed by atoms with Gasteiger partial charge in [-0.15, -0.1) is 5.10 Å². The molecule has 0 spiro atoms. The van der Waals surface area contributed by atoms with Crippen LogP contribution in [0.25, 0.3) is 0 Å². The fourth-order valence-corrected chi connectivity index (χ4v) is 3.08. The zero-order valence-electron chi connectivity index (χ0n) is 13.6. The van der Waals surface area contributed by atoms with Crippen LogP contribution in [0.15, 0.2) is 47.2 Å². The quantitative estimate of drug-likeness (QED) is 0.745. The third kappa shape index (κ3) is 3.32. The van der Waals surface area contributed by atoms with Crippen molar-refractivity contribution in [3.8, 4) is 0 Å². The van der Waals surface area contributed by atoms with Crippen molar-refractivity contribution in [3.63, 3.8) is 0 Å². The summed E-state index contributed by atoms with van der Waals surface area (Å²) in [5, 5.41) is 20.7. The average Bonchev–Trinajstić information content (AvgIpc) is 3.35. The van der Waals surface area contributed by atoms with Crippen molar-refractivity contribution in [2.24, 2.45) is 0 Å². The number of aliphatic hydroxyl groups is 1. The van der Waals surface area contributed by atoms with Crippen LogP contribution in [0.1, 0.15) is 39.9 Å². The van der Waals surface area contributed by atoms with E-state index in [0.29, 0.717) is 5.76 Å². The third-order valence-electron chi connectivity index (χ3n) is 4.36. The minimum absolute atomic E-state index is 0.159. The Kier molecular flexibility index (Phi) is 4.07. The van der Waals surface area contributed by atoms with E-state index in [4.69, 9.17) is 4.42 Å². The van der Waals surface area contributed by atoms with Gasteiger partial charge in [0.2, 0.25) is 0 Å². The molecule has 1 aliphatic carbocycles. The number of amides is 1. The fraction of sp³-hybridized carbons (Fsp3) is 0.278. The lowest BCUT2D eigenvalue weighted by Crippen LogP contribution is -2.13. The van der Waals surface area contributed by atoms with Crippen LogP contribution in [0.3, 0.4) is 0 Å². The van der Waals surface area contributed by atoms with E-state index in [0.717, 1.165) is 18.5 Å². The molecule has 1 atom stereocenters. The molecule has 1 aromatic carbocycles. The summed E-state index contributed by atoms with van der Waals surface area (Å²) < 4.78 is 6.57. The van der Waals surface area contributed by atoms with E-state index in [1.165, 1.54) is 34.7 Å². The summed E-state index contributed by atoms with van der Waals surface area (Å²) in [7, 11) is 0. The first-order valence-corrected chi connectivity index (χ1v) is 8.24. The Bertz CT molecular complexity index is 886. The van der Waals surface area contributed by atoms with E-state index in [1.807, 2.05) is 12.1 Å². The fourth-order valence-electron chi connectivity index (χ4n) is 3.08. The Balaban J connectivity index is 1.42. The molecule has 2 N–H and O–H groups in total. The van der Waals surface area contributed by atoms with Gasteiger partial charge in [0.25, 0.3) is 5.91 Å². The molecule has 7 heteroatoms. The highest BCUT2D eigenvalue weighted by Gasteiger charge is 2.16. The van der Waals surface area contributed by atoms with Gasteiger partial charge in [0.05, 0.1) is 19.0 Å². The second-order valence-electron chi connectivity index (χ2n) is 6.15. The number of hydrogen-bond donors (Lipinski definition) is 2. The maximum absolute atomic E-state index is 12.3. The summed E-state index contributed by atoms with van der Waals surface area (Å²) in [6, 6.07) is 9.38. The average molecular weight is 338 g/mol. The summed E-state index contributed by atoms with van der Waals surface area (Å²) in [6.45, 7) is 0.159. The van der Waals surface area contributed by atoms with E-state index in [9.17, 15) is 9.90 Å². The molecule has 128 valence electrons. The molecule has 2 heterocycles. The molecule has 0 unspecified atom stereocenters. The van der Waals surface area contributed by atoms with Gasteiger partial charge in [0.1, 0.15) is 11.9 Å². The highest BCUT2D eigenvalue weighted by Crippen LogP contribution is 2.25. The molecule has 25 heavy (non-hydrogen) atoms. The first kappa shape index (κ1) is 15.6. The van der Waals surface area contributed by atoms with Crippen LogP contribution in [0, 0.1) is 0 Å². The number of aryl methyl sites for hydroxylation is 2. The van der Waals surface area contributed by atoms with Crippen LogP contribution < -0.4 is 5.32 Å². The Morgan fingerprint density at radius 2 is 2.20 bits per heavy atom. The van der Waals surface area contributed by atoms with Gasteiger partial charge in [0, 0.05) is 5.69 Å². The number of carbonyl (C=O) groups is 1. The number of anilines is 1. The maximum atomic E-state index is 12.3. The van der Waals surface area contributed by atoms with Gasteiger partial charge in [0.15, 0.2) is 5.69 Å². The van der Waals surface area contributed by atoms with Gasteiger partial charge in [-0.25, -0.2) is 4.68 Å². The van der Waals surface area contributed by atoms with Crippen molar-refractivity contribution in [1.82, 2.24) is 15.0 Å². The number of fused-ring (bicyclic) bond motifs is 1. The third-order valence-corrected chi connectivity index (χ3v) is 4.36. The molecule has 4 rings (SSSR count). The van der Waals surface area contributed by atoms with Crippen LogP contribution >= 0.6 is 0 Å². The topological polar surface area (TPSA) is 93.2 Å².